The molecule has 1 aromatic carbocycles. The average Bonchev–Trinajstić information content (AvgIpc) is 2.87. The van der Waals surface area contributed by atoms with Crippen molar-refractivity contribution in [1.82, 2.24) is 5.32 Å². The van der Waals surface area contributed by atoms with Crippen molar-refractivity contribution in [2.75, 3.05) is 19.8 Å². The predicted molar refractivity (Wildman–Crippen MR) is 148 cm³/mol. The fourth-order valence-corrected chi connectivity index (χ4v) is 4.36. The van der Waals surface area contributed by atoms with Gasteiger partial charge in [0, 0.05) is 30.7 Å². The number of hydrogen-bond donors (Lipinski definition) is 1. The van der Waals surface area contributed by atoms with Crippen LogP contribution in [0.15, 0.2) is 42.7 Å². The lowest BCUT2D eigenvalue weighted by atomic mass is 10.1. The normalized spacial score (nSPS) is 10.6. The first kappa shape index (κ1) is 33.5. The molecular weight excluding hydrogens is 599 g/mol. The lowest BCUT2D eigenvalue weighted by molar-refractivity contribution is -0.697. The van der Waals surface area contributed by atoms with Crippen LogP contribution in [0, 0.1) is 0 Å². The van der Waals surface area contributed by atoms with Gasteiger partial charge in [0.1, 0.15) is 18.0 Å². The minimum Gasteiger partial charge on any atom is -1.00 e. The number of hydrogen-bond acceptors (Lipinski definition) is 3. The number of halogens is 2. The van der Waals surface area contributed by atoms with Gasteiger partial charge in [-0.2, -0.15) is 0 Å². The molecule has 0 saturated carbocycles. The summed E-state index contributed by atoms with van der Waals surface area (Å²) in [6, 6.07) is 9.49. The van der Waals surface area contributed by atoms with Gasteiger partial charge < -0.3 is 38.8 Å². The molecule has 0 bridgehead atoms. The molecule has 5 nitrogen and oxygen atoms in total. The summed E-state index contributed by atoms with van der Waals surface area (Å²) in [4.78, 5) is 12.2. The maximum Gasteiger partial charge on any atom is 0.257 e. The molecule has 1 heterocycles. The Hall–Kier alpha value is -1.54. The second-order valence-corrected chi connectivity index (χ2v) is 9.87. The molecule has 1 aromatic heterocycles. The molecule has 0 saturated heterocycles. The van der Waals surface area contributed by atoms with Crippen LogP contribution in [0.3, 0.4) is 0 Å². The van der Waals surface area contributed by atoms with Crippen LogP contribution in [0.2, 0.25) is 5.02 Å². The monoisotopic (exact) mass is 644 g/mol. The number of nitrogens with one attached hydrogen (secondary N) is 1. The Morgan fingerprint density at radius 1 is 0.919 bits per heavy atom. The van der Waals surface area contributed by atoms with Gasteiger partial charge in [0.2, 0.25) is 0 Å². The summed E-state index contributed by atoms with van der Waals surface area (Å²) in [6.45, 7) is 6.61. The lowest BCUT2D eigenvalue weighted by Crippen LogP contribution is -3.00. The van der Waals surface area contributed by atoms with Gasteiger partial charge in [0.15, 0.2) is 19.0 Å². The number of ether oxygens (including phenoxy) is 2. The number of carbonyl (C=O) groups is 1. The number of amides is 1. The minimum atomic E-state index is -0.162. The summed E-state index contributed by atoms with van der Waals surface area (Å²) < 4.78 is 13.6. The molecule has 2 rings (SSSR count). The van der Waals surface area contributed by atoms with E-state index in [1.54, 1.807) is 12.1 Å². The number of nitrogens with zero attached hydrogens (tertiary/aromatic N) is 1. The SMILES string of the molecule is CCCCCCCCCCCCOc1ccc(OCC(=O)NCCc2ccc[n+](CCC)c2)c(Cl)c1.[I-]. The zero-order valence-electron chi connectivity index (χ0n) is 22.8. The van der Waals surface area contributed by atoms with Crippen molar-refractivity contribution in [2.45, 2.75) is 97.4 Å². The molecule has 0 aliphatic heterocycles. The highest BCUT2D eigenvalue weighted by atomic mass is 127. The number of rotatable bonds is 20. The van der Waals surface area contributed by atoms with Gasteiger partial charge in [0.05, 0.1) is 11.6 Å². The Bertz CT molecular complexity index is 882. The van der Waals surface area contributed by atoms with Gasteiger partial charge in [-0.15, -0.1) is 0 Å². The van der Waals surface area contributed by atoms with E-state index in [1.807, 2.05) is 12.1 Å². The molecule has 0 atom stereocenters. The quantitative estimate of drug-likeness (QED) is 0.134. The number of benzene rings is 1. The van der Waals surface area contributed by atoms with Crippen LogP contribution in [-0.2, 0) is 17.8 Å². The van der Waals surface area contributed by atoms with Crippen LogP contribution in [0.5, 0.6) is 11.5 Å². The maximum atomic E-state index is 12.2. The largest absolute Gasteiger partial charge is 1.00 e. The smallest absolute Gasteiger partial charge is 0.257 e. The first-order valence-electron chi connectivity index (χ1n) is 13.9. The van der Waals surface area contributed by atoms with E-state index in [9.17, 15) is 4.79 Å². The summed E-state index contributed by atoms with van der Waals surface area (Å²) in [5, 5.41) is 3.36. The van der Waals surface area contributed by atoms with E-state index in [4.69, 9.17) is 21.1 Å². The van der Waals surface area contributed by atoms with Crippen LogP contribution >= 0.6 is 11.6 Å². The fourth-order valence-electron chi connectivity index (χ4n) is 4.13. The predicted octanol–water partition coefficient (Wildman–Crippen LogP) is 4.08. The molecule has 0 radical (unpaired) electrons. The molecule has 0 aliphatic rings. The third-order valence-corrected chi connectivity index (χ3v) is 6.46. The molecular formula is C30H46ClIN2O3. The van der Waals surface area contributed by atoms with Gasteiger partial charge in [-0.25, -0.2) is 4.57 Å². The summed E-state index contributed by atoms with van der Waals surface area (Å²) in [5.41, 5.74) is 1.20. The van der Waals surface area contributed by atoms with Crippen molar-refractivity contribution in [3.63, 3.8) is 0 Å². The van der Waals surface area contributed by atoms with Crippen LogP contribution in [0.4, 0.5) is 0 Å². The van der Waals surface area contributed by atoms with Crippen LogP contribution in [0.1, 0.15) is 90.0 Å². The first-order chi connectivity index (χ1) is 17.6. The highest BCUT2D eigenvalue weighted by Crippen LogP contribution is 2.29. The standard InChI is InChI=1S/C30H45ClN2O3.HI/c1-3-5-6-7-8-9-10-11-12-13-22-35-27-16-17-29(28(31)23-27)36-25-30(34)32-19-18-26-15-14-21-33(24-26)20-4-2;/h14-17,21,23-24H,3-13,18-20,22,25H2,1-2H3;1H. The molecule has 0 spiro atoms. The van der Waals surface area contributed by atoms with Gasteiger partial charge in [-0.1, -0.05) is 83.2 Å². The zero-order valence-corrected chi connectivity index (χ0v) is 25.7. The van der Waals surface area contributed by atoms with E-state index in [1.165, 1.54) is 63.4 Å². The second-order valence-electron chi connectivity index (χ2n) is 9.46. The van der Waals surface area contributed by atoms with E-state index < -0.39 is 0 Å². The van der Waals surface area contributed by atoms with Gasteiger partial charge in [-0.05, 0) is 31.0 Å². The Morgan fingerprint density at radius 2 is 1.62 bits per heavy atom. The topological polar surface area (TPSA) is 51.4 Å². The van der Waals surface area contributed by atoms with Crippen molar-refractivity contribution >= 4 is 17.5 Å². The van der Waals surface area contributed by atoms with Gasteiger partial charge in [-0.3, -0.25) is 4.79 Å². The Kier molecular flexibility index (Phi) is 19.4. The number of aryl methyl sites for hydroxylation is 1. The van der Waals surface area contributed by atoms with Crippen molar-refractivity contribution in [3.8, 4) is 11.5 Å². The Balaban J connectivity index is 0.00000684. The molecule has 0 fully saturated rings. The molecule has 208 valence electrons. The third kappa shape index (κ3) is 15.5. The lowest BCUT2D eigenvalue weighted by Gasteiger charge is -2.11. The van der Waals surface area contributed by atoms with E-state index in [0.717, 1.165) is 31.6 Å². The number of pyridine rings is 1. The highest BCUT2D eigenvalue weighted by molar-refractivity contribution is 6.32. The summed E-state index contributed by atoms with van der Waals surface area (Å²) in [5.74, 6) is 1.06. The van der Waals surface area contributed by atoms with E-state index >= 15 is 0 Å². The van der Waals surface area contributed by atoms with Gasteiger partial charge in [0.25, 0.3) is 5.91 Å². The highest BCUT2D eigenvalue weighted by Gasteiger charge is 2.08. The number of unbranched alkanes of at least 4 members (excludes halogenated alkanes) is 9. The molecule has 37 heavy (non-hydrogen) atoms. The first-order valence-corrected chi connectivity index (χ1v) is 14.3. The Morgan fingerprint density at radius 3 is 2.30 bits per heavy atom. The molecule has 0 unspecified atom stereocenters. The average molecular weight is 645 g/mol. The summed E-state index contributed by atoms with van der Waals surface area (Å²) in [6.07, 6.45) is 19.1. The van der Waals surface area contributed by atoms with Crippen molar-refractivity contribution in [1.29, 1.82) is 0 Å². The van der Waals surface area contributed by atoms with Gasteiger partial charge >= 0.3 is 0 Å². The molecule has 1 N–H and O–H groups in total. The van der Waals surface area contributed by atoms with E-state index in [0.29, 0.717) is 23.9 Å². The maximum absolute atomic E-state index is 12.2. The van der Waals surface area contributed by atoms with E-state index in [-0.39, 0.29) is 36.5 Å². The van der Waals surface area contributed by atoms with Crippen molar-refractivity contribution < 1.29 is 42.8 Å². The molecule has 1 amide bonds. The second kappa shape index (κ2) is 21.4. The van der Waals surface area contributed by atoms with E-state index in [2.05, 4.69) is 42.2 Å². The summed E-state index contributed by atoms with van der Waals surface area (Å²) >= 11 is 6.34. The van der Waals surface area contributed by atoms with Crippen LogP contribution in [0.25, 0.3) is 0 Å². The van der Waals surface area contributed by atoms with Crippen LogP contribution in [-0.4, -0.2) is 25.7 Å². The molecule has 7 heteroatoms. The fraction of sp³-hybridized carbons (Fsp3) is 0.600. The summed E-state index contributed by atoms with van der Waals surface area (Å²) in [7, 11) is 0. The number of carbonyl (C=O) groups excluding carboxylic acids is 1. The van der Waals surface area contributed by atoms with Crippen molar-refractivity contribution in [2.24, 2.45) is 0 Å². The zero-order chi connectivity index (χ0) is 25.8. The molecule has 0 aliphatic carbocycles. The third-order valence-electron chi connectivity index (χ3n) is 6.17. The number of aromatic nitrogens is 1. The van der Waals surface area contributed by atoms with Crippen LogP contribution < -0.4 is 43.3 Å². The molecule has 2 aromatic rings. The minimum absolute atomic E-state index is 0. The van der Waals surface area contributed by atoms with Crippen molar-refractivity contribution in [3.05, 3.63) is 53.3 Å². The Labute approximate surface area is 246 Å².